The largest absolute Gasteiger partial charge is 0.493 e. The molecular formula is C23H16ClN3O6S. The molecule has 1 aromatic heterocycles. The molecule has 1 saturated heterocycles. The molecule has 3 aromatic rings. The average molecular weight is 498 g/mol. The minimum Gasteiger partial charge on any atom is -0.493 e. The summed E-state index contributed by atoms with van der Waals surface area (Å²) >= 11 is 6.83. The zero-order valence-electron chi connectivity index (χ0n) is 17.6. The van der Waals surface area contributed by atoms with Crippen molar-refractivity contribution in [3.63, 3.8) is 0 Å². The number of amides is 2. The summed E-state index contributed by atoms with van der Waals surface area (Å²) in [4.78, 5) is 41.2. The van der Waals surface area contributed by atoms with Gasteiger partial charge in [0.1, 0.15) is 0 Å². The first kappa shape index (κ1) is 23.3. The van der Waals surface area contributed by atoms with E-state index >= 15 is 0 Å². The van der Waals surface area contributed by atoms with Gasteiger partial charge < -0.3 is 9.47 Å². The van der Waals surface area contributed by atoms with Gasteiger partial charge in [-0.25, -0.2) is 4.98 Å². The Morgan fingerprint density at radius 1 is 1.15 bits per heavy atom. The number of nitro groups is 1. The number of thioether (sulfide) groups is 1. The van der Waals surface area contributed by atoms with Crippen molar-refractivity contribution >= 4 is 46.3 Å². The second kappa shape index (κ2) is 9.94. The van der Waals surface area contributed by atoms with E-state index in [0.29, 0.717) is 10.6 Å². The summed E-state index contributed by atoms with van der Waals surface area (Å²) in [5.41, 5.74) is 1.03. The van der Waals surface area contributed by atoms with Gasteiger partial charge in [0.15, 0.2) is 11.5 Å². The maximum absolute atomic E-state index is 12.8. The molecule has 2 amide bonds. The second-order valence-corrected chi connectivity index (χ2v) is 8.42. The van der Waals surface area contributed by atoms with E-state index in [9.17, 15) is 19.7 Å². The van der Waals surface area contributed by atoms with E-state index < -0.39 is 10.8 Å². The monoisotopic (exact) mass is 497 g/mol. The predicted molar refractivity (Wildman–Crippen MR) is 127 cm³/mol. The molecule has 2 aromatic carbocycles. The lowest BCUT2D eigenvalue weighted by molar-refractivity contribution is -0.386. The number of rotatable bonds is 7. The first-order chi connectivity index (χ1) is 16.4. The van der Waals surface area contributed by atoms with E-state index in [1.54, 1.807) is 48.5 Å². The van der Waals surface area contributed by atoms with Gasteiger partial charge in [-0.2, -0.15) is 0 Å². The average Bonchev–Trinajstić information content (AvgIpc) is 3.07. The summed E-state index contributed by atoms with van der Waals surface area (Å²) in [7, 11) is 1.41. The minimum atomic E-state index is -0.595. The van der Waals surface area contributed by atoms with E-state index in [0.717, 1.165) is 22.2 Å². The molecule has 34 heavy (non-hydrogen) atoms. The molecule has 0 saturated carbocycles. The third kappa shape index (κ3) is 5.03. The van der Waals surface area contributed by atoms with Crippen LogP contribution in [0.2, 0.25) is 5.02 Å². The molecule has 1 aliphatic heterocycles. The van der Waals surface area contributed by atoms with E-state index in [2.05, 4.69) is 4.98 Å². The molecule has 4 rings (SSSR count). The van der Waals surface area contributed by atoms with Gasteiger partial charge in [-0.3, -0.25) is 24.6 Å². The lowest BCUT2D eigenvalue weighted by Gasteiger charge is -2.12. The number of carbonyl (C=O) groups excluding carboxylic acids is 2. The van der Waals surface area contributed by atoms with Crippen LogP contribution in [0.25, 0.3) is 6.08 Å². The molecule has 0 bridgehead atoms. The van der Waals surface area contributed by atoms with Crippen LogP contribution in [0.4, 0.5) is 10.5 Å². The van der Waals surface area contributed by atoms with Crippen LogP contribution < -0.4 is 9.47 Å². The van der Waals surface area contributed by atoms with Crippen LogP contribution in [-0.2, 0) is 11.3 Å². The number of methoxy groups -OCH3 is 1. The van der Waals surface area contributed by atoms with Gasteiger partial charge in [0, 0.05) is 17.3 Å². The molecule has 0 spiro atoms. The van der Waals surface area contributed by atoms with E-state index in [4.69, 9.17) is 21.1 Å². The Hall–Kier alpha value is -3.89. The van der Waals surface area contributed by atoms with Crippen LogP contribution in [0.15, 0.2) is 65.7 Å². The molecule has 2 heterocycles. The topological polar surface area (TPSA) is 112 Å². The predicted octanol–water partition coefficient (Wildman–Crippen LogP) is 5.68. The highest BCUT2D eigenvalue weighted by molar-refractivity contribution is 8.18. The summed E-state index contributed by atoms with van der Waals surface area (Å²) in [5.74, 6) is -0.124. The number of imide groups is 1. The van der Waals surface area contributed by atoms with Crippen LogP contribution >= 0.6 is 23.4 Å². The lowest BCUT2D eigenvalue weighted by Crippen LogP contribution is -2.27. The van der Waals surface area contributed by atoms with Gasteiger partial charge in [-0.1, -0.05) is 29.8 Å². The highest BCUT2D eigenvalue weighted by atomic mass is 35.5. The third-order valence-electron chi connectivity index (χ3n) is 4.74. The Bertz CT molecular complexity index is 1330. The first-order valence-electron chi connectivity index (χ1n) is 9.81. The van der Waals surface area contributed by atoms with Crippen molar-refractivity contribution in [2.45, 2.75) is 6.54 Å². The van der Waals surface area contributed by atoms with Crippen molar-refractivity contribution in [2.75, 3.05) is 7.11 Å². The third-order valence-corrected chi connectivity index (χ3v) is 5.89. The fourth-order valence-electron chi connectivity index (χ4n) is 3.17. The van der Waals surface area contributed by atoms with Crippen molar-refractivity contribution < 1.29 is 24.0 Å². The van der Waals surface area contributed by atoms with Crippen molar-refractivity contribution in [2.24, 2.45) is 0 Å². The number of aromatic nitrogens is 1. The zero-order chi connectivity index (χ0) is 24.2. The fraction of sp³-hybridized carbons (Fsp3) is 0.0870. The summed E-state index contributed by atoms with van der Waals surface area (Å²) in [5, 5.41) is 11.3. The Labute approximate surface area is 203 Å². The van der Waals surface area contributed by atoms with Gasteiger partial charge in [0.25, 0.3) is 17.0 Å². The van der Waals surface area contributed by atoms with Crippen molar-refractivity contribution in [1.29, 1.82) is 0 Å². The number of pyridine rings is 1. The van der Waals surface area contributed by atoms with Gasteiger partial charge in [-0.05, 0) is 59.3 Å². The first-order valence-corrected chi connectivity index (χ1v) is 11.0. The van der Waals surface area contributed by atoms with Crippen LogP contribution in [0.1, 0.15) is 11.1 Å². The van der Waals surface area contributed by atoms with E-state index in [1.807, 2.05) is 0 Å². The molecule has 11 heteroatoms. The summed E-state index contributed by atoms with van der Waals surface area (Å²) < 4.78 is 11.0. The van der Waals surface area contributed by atoms with Gasteiger partial charge in [-0.15, -0.1) is 0 Å². The quantitative estimate of drug-likeness (QED) is 0.233. The molecule has 0 aliphatic carbocycles. The lowest BCUT2D eigenvalue weighted by atomic mass is 10.1. The minimum absolute atomic E-state index is 0.113. The fourth-order valence-corrected chi connectivity index (χ4v) is 4.22. The normalized spacial score (nSPS) is 14.5. The highest BCUT2D eigenvalue weighted by Crippen LogP contribution is 2.37. The maximum Gasteiger partial charge on any atom is 0.331 e. The van der Waals surface area contributed by atoms with Crippen LogP contribution in [-0.4, -0.2) is 33.1 Å². The molecule has 1 fully saturated rings. The summed E-state index contributed by atoms with van der Waals surface area (Å²) in [6, 6.07) is 14.4. The molecule has 0 atom stereocenters. The van der Waals surface area contributed by atoms with Gasteiger partial charge >= 0.3 is 5.69 Å². The molecule has 9 nitrogen and oxygen atoms in total. The Kier molecular flexibility index (Phi) is 6.80. The molecule has 1 aliphatic rings. The van der Waals surface area contributed by atoms with Crippen molar-refractivity contribution in [3.8, 4) is 17.4 Å². The number of carbonyl (C=O) groups is 2. The summed E-state index contributed by atoms with van der Waals surface area (Å²) in [6.07, 6.45) is 2.95. The number of nitrogens with zero attached hydrogens (tertiary/aromatic N) is 3. The standard InChI is InChI=1S/C23H16ClN3O6S/c1-32-19-11-14(7-8-18(19)33-21-17(27(30)31)6-3-9-25-21)12-20-22(28)26(23(29)34-20)13-15-4-2-5-16(24)10-15/h2-12H,13H2,1H3/b20-12-. The number of halogens is 1. The molecule has 0 unspecified atom stereocenters. The Balaban J connectivity index is 1.56. The Morgan fingerprint density at radius 3 is 2.71 bits per heavy atom. The zero-order valence-corrected chi connectivity index (χ0v) is 19.2. The SMILES string of the molecule is COc1cc(/C=C2\SC(=O)N(Cc3cccc(Cl)c3)C2=O)ccc1Oc1ncccc1[N+](=O)[O-]. The maximum atomic E-state index is 12.8. The Morgan fingerprint density at radius 2 is 1.97 bits per heavy atom. The number of benzene rings is 2. The van der Waals surface area contributed by atoms with Gasteiger partial charge in [0.05, 0.1) is 23.5 Å². The second-order valence-electron chi connectivity index (χ2n) is 6.99. The van der Waals surface area contributed by atoms with E-state index in [1.165, 1.54) is 25.4 Å². The smallest absolute Gasteiger partial charge is 0.331 e. The highest BCUT2D eigenvalue weighted by Gasteiger charge is 2.35. The van der Waals surface area contributed by atoms with Crippen molar-refractivity contribution in [3.05, 3.63) is 92.0 Å². The van der Waals surface area contributed by atoms with Crippen LogP contribution in [0, 0.1) is 10.1 Å². The molecule has 0 N–H and O–H groups in total. The summed E-state index contributed by atoms with van der Waals surface area (Å²) in [6.45, 7) is 0.113. The number of ether oxygens (including phenoxy) is 2. The van der Waals surface area contributed by atoms with Gasteiger partial charge in [0.2, 0.25) is 0 Å². The molecule has 172 valence electrons. The van der Waals surface area contributed by atoms with Crippen molar-refractivity contribution in [1.82, 2.24) is 9.88 Å². The molecule has 0 radical (unpaired) electrons. The van der Waals surface area contributed by atoms with Crippen LogP contribution in [0.3, 0.4) is 0 Å². The number of hydrogen-bond donors (Lipinski definition) is 0. The number of hydrogen-bond acceptors (Lipinski definition) is 8. The van der Waals surface area contributed by atoms with E-state index in [-0.39, 0.29) is 39.8 Å². The van der Waals surface area contributed by atoms with Crippen LogP contribution in [0.5, 0.6) is 17.4 Å². The molecular weight excluding hydrogens is 482 g/mol.